The van der Waals surface area contributed by atoms with Gasteiger partial charge >= 0.3 is 5.97 Å². The predicted octanol–water partition coefficient (Wildman–Crippen LogP) is 1.40. The van der Waals surface area contributed by atoms with Crippen LogP contribution in [0.5, 0.6) is 0 Å². The van der Waals surface area contributed by atoms with E-state index in [1.165, 1.54) is 6.20 Å². The molecule has 0 saturated carbocycles. The van der Waals surface area contributed by atoms with Gasteiger partial charge in [0.2, 0.25) is 0 Å². The fourth-order valence-corrected chi connectivity index (χ4v) is 2.08. The summed E-state index contributed by atoms with van der Waals surface area (Å²) in [5.74, 6) is -0.997. The second-order valence-corrected chi connectivity index (χ2v) is 4.69. The van der Waals surface area contributed by atoms with Gasteiger partial charge in [-0.25, -0.2) is 9.78 Å². The van der Waals surface area contributed by atoms with Crippen molar-refractivity contribution in [2.24, 2.45) is 0 Å². The third-order valence-corrected chi connectivity index (χ3v) is 2.93. The van der Waals surface area contributed by atoms with Crippen LogP contribution in [0.4, 0.5) is 5.69 Å². The van der Waals surface area contributed by atoms with Crippen molar-refractivity contribution in [3.8, 4) is 0 Å². The normalized spacial score (nSPS) is 19.1. The van der Waals surface area contributed by atoms with Gasteiger partial charge in [0, 0.05) is 12.7 Å². The van der Waals surface area contributed by atoms with E-state index >= 15 is 0 Å². The number of carboxylic acid groups (broad SMARTS) is 1. The number of ether oxygens (including phenoxy) is 1. The number of nitrogens with zero attached hydrogens (tertiary/aromatic N) is 2. The number of rotatable bonds is 2. The maximum absolute atomic E-state index is 11.2. The van der Waals surface area contributed by atoms with Gasteiger partial charge < -0.3 is 14.7 Å². The molecular weight excluding hydrogens is 220 g/mol. The Bertz CT molecular complexity index is 432. The van der Waals surface area contributed by atoms with E-state index in [1.807, 2.05) is 18.7 Å². The van der Waals surface area contributed by atoms with Crippen molar-refractivity contribution in [2.45, 2.75) is 19.4 Å². The van der Waals surface area contributed by atoms with Gasteiger partial charge in [-0.05, 0) is 26.0 Å². The minimum Gasteiger partial charge on any atom is -0.476 e. The summed E-state index contributed by atoms with van der Waals surface area (Å²) in [7, 11) is 0. The summed E-state index contributed by atoms with van der Waals surface area (Å²) in [5, 5.41) is 9.15. The Hall–Kier alpha value is -1.62. The SMILES string of the molecule is CC1(C)COCCN1c1cccnc1C(=O)O. The van der Waals surface area contributed by atoms with Gasteiger partial charge in [0.25, 0.3) is 0 Å². The molecule has 0 radical (unpaired) electrons. The van der Waals surface area contributed by atoms with Gasteiger partial charge in [-0.1, -0.05) is 0 Å². The first kappa shape index (κ1) is 11.9. The molecule has 0 aromatic carbocycles. The van der Waals surface area contributed by atoms with Crippen LogP contribution in [0.2, 0.25) is 0 Å². The molecule has 0 unspecified atom stereocenters. The van der Waals surface area contributed by atoms with Crippen LogP contribution >= 0.6 is 0 Å². The first-order valence-corrected chi connectivity index (χ1v) is 5.56. The Labute approximate surface area is 100 Å². The average molecular weight is 236 g/mol. The second-order valence-electron chi connectivity index (χ2n) is 4.69. The van der Waals surface area contributed by atoms with E-state index in [0.29, 0.717) is 25.4 Å². The van der Waals surface area contributed by atoms with Gasteiger partial charge in [-0.3, -0.25) is 0 Å². The fourth-order valence-electron chi connectivity index (χ4n) is 2.08. The molecule has 0 bridgehead atoms. The van der Waals surface area contributed by atoms with Crippen LogP contribution in [0, 0.1) is 0 Å². The molecule has 1 saturated heterocycles. The summed E-state index contributed by atoms with van der Waals surface area (Å²) < 4.78 is 5.43. The number of anilines is 1. The first-order chi connectivity index (χ1) is 8.02. The number of carbonyl (C=O) groups is 1. The van der Waals surface area contributed by atoms with Crippen LogP contribution in [-0.4, -0.2) is 41.4 Å². The quantitative estimate of drug-likeness (QED) is 0.840. The molecule has 1 aromatic rings. The largest absolute Gasteiger partial charge is 0.476 e. The molecule has 0 amide bonds. The second kappa shape index (κ2) is 4.33. The van der Waals surface area contributed by atoms with E-state index in [4.69, 9.17) is 9.84 Å². The van der Waals surface area contributed by atoms with Gasteiger partial charge in [-0.15, -0.1) is 0 Å². The summed E-state index contributed by atoms with van der Waals surface area (Å²) in [6.45, 7) is 5.94. The number of morpholine rings is 1. The molecule has 1 aliphatic heterocycles. The van der Waals surface area contributed by atoms with E-state index in [9.17, 15) is 4.79 Å². The Morgan fingerprint density at radius 3 is 3.00 bits per heavy atom. The zero-order valence-corrected chi connectivity index (χ0v) is 10.0. The molecule has 0 atom stereocenters. The number of aromatic carboxylic acids is 1. The van der Waals surface area contributed by atoms with Crippen LogP contribution < -0.4 is 4.90 Å². The molecule has 5 nitrogen and oxygen atoms in total. The maximum atomic E-state index is 11.2. The van der Waals surface area contributed by atoms with Crippen molar-refractivity contribution >= 4 is 11.7 Å². The molecule has 5 heteroatoms. The Kier molecular flexibility index (Phi) is 3.02. The highest BCUT2D eigenvalue weighted by molar-refractivity contribution is 5.92. The standard InChI is InChI=1S/C12H16N2O3/c1-12(2)8-17-7-6-14(12)9-4-3-5-13-10(9)11(15)16/h3-5H,6-8H2,1-2H3,(H,15,16). The Morgan fingerprint density at radius 1 is 1.59 bits per heavy atom. The van der Waals surface area contributed by atoms with Gasteiger partial charge in [-0.2, -0.15) is 0 Å². The van der Waals surface area contributed by atoms with Crippen LogP contribution in [0.15, 0.2) is 18.3 Å². The number of pyridine rings is 1. The zero-order chi connectivity index (χ0) is 12.5. The molecule has 1 N–H and O–H groups in total. The van der Waals surface area contributed by atoms with Crippen LogP contribution in [0.3, 0.4) is 0 Å². The lowest BCUT2D eigenvalue weighted by atomic mass is 10.0. The number of hydrogen-bond acceptors (Lipinski definition) is 4. The molecule has 17 heavy (non-hydrogen) atoms. The monoisotopic (exact) mass is 236 g/mol. The highest BCUT2D eigenvalue weighted by Crippen LogP contribution is 2.28. The van der Waals surface area contributed by atoms with Crippen molar-refractivity contribution in [1.82, 2.24) is 4.98 Å². The fraction of sp³-hybridized carbons (Fsp3) is 0.500. The lowest BCUT2D eigenvalue weighted by Crippen LogP contribution is -2.53. The van der Waals surface area contributed by atoms with Crippen LogP contribution in [0.25, 0.3) is 0 Å². The van der Waals surface area contributed by atoms with Gasteiger partial charge in [0.05, 0.1) is 24.4 Å². The lowest BCUT2D eigenvalue weighted by Gasteiger charge is -2.44. The Morgan fingerprint density at radius 2 is 2.35 bits per heavy atom. The molecule has 1 aliphatic rings. The van der Waals surface area contributed by atoms with Crippen molar-refractivity contribution in [3.05, 3.63) is 24.0 Å². The van der Waals surface area contributed by atoms with E-state index < -0.39 is 5.97 Å². The minimum absolute atomic E-state index is 0.0995. The summed E-state index contributed by atoms with van der Waals surface area (Å²) in [5.41, 5.74) is 0.543. The van der Waals surface area contributed by atoms with E-state index in [2.05, 4.69) is 4.98 Å². The van der Waals surface area contributed by atoms with Crippen LogP contribution in [-0.2, 0) is 4.74 Å². The predicted molar refractivity (Wildman–Crippen MR) is 63.4 cm³/mol. The highest BCUT2D eigenvalue weighted by atomic mass is 16.5. The van der Waals surface area contributed by atoms with Crippen molar-refractivity contribution in [3.63, 3.8) is 0 Å². The third-order valence-electron chi connectivity index (χ3n) is 2.93. The van der Waals surface area contributed by atoms with Gasteiger partial charge in [0.15, 0.2) is 5.69 Å². The molecule has 1 aromatic heterocycles. The molecule has 0 spiro atoms. The molecule has 0 aliphatic carbocycles. The molecule has 92 valence electrons. The van der Waals surface area contributed by atoms with E-state index in [0.717, 1.165) is 0 Å². The lowest BCUT2D eigenvalue weighted by molar-refractivity contribution is 0.0627. The average Bonchev–Trinajstić information content (AvgIpc) is 2.28. The topological polar surface area (TPSA) is 62.7 Å². The molecule has 1 fully saturated rings. The summed E-state index contributed by atoms with van der Waals surface area (Å²) in [6, 6.07) is 3.55. The first-order valence-electron chi connectivity index (χ1n) is 5.56. The molecular formula is C12H16N2O3. The Balaban J connectivity index is 2.42. The summed E-state index contributed by atoms with van der Waals surface area (Å²) in [4.78, 5) is 17.1. The third kappa shape index (κ3) is 2.24. The van der Waals surface area contributed by atoms with Gasteiger partial charge in [0.1, 0.15) is 0 Å². The van der Waals surface area contributed by atoms with Crippen molar-refractivity contribution < 1.29 is 14.6 Å². The molecule has 2 heterocycles. The number of aromatic nitrogens is 1. The smallest absolute Gasteiger partial charge is 0.356 e. The zero-order valence-electron chi connectivity index (χ0n) is 10.0. The van der Waals surface area contributed by atoms with Crippen molar-refractivity contribution in [1.29, 1.82) is 0 Å². The number of carboxylic acids is 1. The number of hydrogen-bond donors (Lipinski definition) is 1. The summed E-state index contributed by atoms with van der Waals surface area (Å²) >= 11 is 0. The van der Waals surface area contributed by atoms with E-state index in [-0.39, 0.29) is 11.2 Å². The maximum Gasteiger partial charge on any atom is 0.356 e. The highest BCUT2D eigenvalue weighted by Gasteiger charge is 2.33. The minimum atomic E-state index is -0.997. The molecule has 2 rings (SSSR count). The van der Waals surface area contributed by atoms with Crippen molar-refractivity contribution in [2.75, 3.05) is 24.7 Å². The van der Waals surface area contributed by atoms with Crippen LogP contribution in [0.1, 0.15) is 24.3 Å². The van der Waals surface area contributed by atoms with E-state index in [1.54, 1.807) is 12.1 Å². The summed E-state index contributed by atoms with van der Waals surface area (Å²) in [6.07, 6.45) is 1.50.